The first kappa shape index (κ1) is 20.8. The molecule has 2 aromatic rings. The van der Waals surface area contributed by atoms with Gasteiger partial charge in [0.2, 0.25) is 5.91 Å². The van der Waals surface area contributed by atoms with E-state index in [4.69, 9.17) is 5.11 Å². The number of benzene rings is 2. The fourth-order valence-corrected chi connectivity index (χ4v) is 3.58. The molecule has 0 radical (unpaired) electrons. The third-order valence-corrected chi connectivity index (χ3v) is 4.93. The lowest BCUT2D eigenvalue weighted by molar-refractivity contribution is -0.137. The minimum absolute atomic E-state index is 0.0846. The molecule has 0 unspecified atom stereocenters. The molecule has 0 aliphatic heterocycles. The first-order valence-electron chi connectivity index (χ1n) is 8.43. The van der Waals surface area contributed by atoms with Crippen LogP contribution in [0.4, 0.5) is 0 Å². The number of aliphatic carboxylic acids is 1. The number of nitrogens with one attached hydrogen (secondary N) is 1. The summed E-state index contributed by atoms with van der Waals surface area (Å²) in [5.74, 6) is -2.56. The maximum absolute atomic E-state index is 12.2. The van der Waals surface area contributed by atoms with Crippen molar-refractivity contribution in [2.75, 3.05) is 12.7 Å². The van der Waals surface area contributed by atoms with Crippen LogP contribution in [0.5, 0.6) is 0 Å². The zero-order valence-corrected chi connectivity index (χ0v) is 15.5. The van der Waals surface area contributed by atoms with Crippen LogP contribution in [0.2, 0.25) is 0 Å². The van der Waals surface area contributed by atoms with E-state index in [1.54, 1.807) is 0 Å². The van der Waals surface area contributed by atoms with Gasteiger partial charge in [-0.1, -0.05) is 54.6 Å². The molecular formula is C19H22NO6P. The van der Waals surface area contributed by atoms with Gasteiger partial charge < -0.3 is 20.2 Å². The monoisotopic (exact) mass is 391 g/mol. The topological polar surface area (TPSA) is 124 Å². The van der Waals surface area contributed by atoms with Crippen molar-refractivity contribution in [2.24, 2.45) is 5.92 Å². The van der Waals surface area contributed by atoms with Gasteiger partial charge >= 0.3 is 13.6 Å². The Morgan fingerprint density at radius 2 is 1.56 bits per heavy atom. The molecule has 0 aliphatic carbocycles. The minimum Gasteiger partial charge on any atom is -0.481 e. The van der Waals surface area contributed by atoms with Crippen LogP contribution in [0.25, 0.3) is 11.1 Å². The predicted molar refractivity (Wildman–Crippen MR) is 101 cm³/mol. The van der Waals surface area contributed by atoms with Crippen molar-refractivity contribution >= 4 is 19.5 Å². The minimum atomic E-state index is -4.40. The average molecular weight is 391 g/mol. The zero-order valence-electron chi connectivity index (χ0n) is 14.6. The first-order valence-corrected chi connectivity index (χ1v) is 10.2. The molecule has 4 N–H and O–H groups in total. The largest absolute Gasteiger partial charge is 0.481 e. The lowest BCUT2D eigenvalue weighted by Crippen LogP contribution is -2.35. The van der Waals surface area contributed by atoms with Gasteiger partial charge in [-0.05, 0) is 23.1 Å². The van der Waals surface area contributed by atoms with Gasteiger partial charge in [0.1, 0.15) is 0 Å². The standard InChI is InChI=1S/C19H22NO6P/c21-18(22)10-11-20-19(23)17(13-27(24,25)26)12-14-6-8-16(9-7-14)15-4-2-1-3-5-15/h1-9,17H,10-13H2,(H,20,23)(H,21,22)(H2,24,25,26)/t17-/m0/s1. The van der Waals surface area contributed by atoms with E-state index in [0.29, 0.717) is 0 Å². The molecule has 0 spiro atoms. The molecule has 144 valence electrons. The van der Waals surface area contributed by atoms with Crippen molar-refractivity contribution in [1.82, 2.24) is 5.32 Å². The van der Waals surface area contributed by atoms with Crippen LogP contribution < -0.4 is 5.32 Å². The number of carbonyl (C=O) groups excluding carboxylic acids is 1. The number of hydrogen-bond acceptors (Lipinski definition) is 3. The Morgan fingerprint density at radius 1 is 0.963 bits per heavy atom. The molecule has 1 atom stereocenters. The van der Waals surface area contributed by atoms with Gasteiger partial charge in [0.05, 0.1) is 18.5 Å². The van der Waals surface area contributed by atoms with Gasteiger partial charge in [-0.3, -0.25) is 14.2 Å². The molecule has 0 saturated carbocycles. The van der Waals surface area contributed by atoms with Crippen LogP contribution in [0.15, 0.2) is 54.6 Å². The van der Waals surface area contributed by atoms with Crippen molar-refractivity contribution in [1.29, 1.82) is 0 Å². The molecule has 0 aromatic heterocycles. The van der Waals surface area contributed by atoms with Crippen LogP contribution in [-0.2, 0) is 20.6 Å². The molecule has 0 saturated heterocycles. The van der Waals surface area contributed by atoms with Crippen molar-refractivity contribution < 1.29 is 29.0 Å². The van der Waals surface area contributed by atoms with Crippen LogP contribution in [0, 0.1) is 5.92 Å². The zero-order chi connectivity index (χ0) is 19.9. The molecule has 2 aromatic carbocycles. The highest BCUT2D eigenvalue weighted by Gasteiger charge is 2.27. The Labute approximate surface area is 157 Å². The van der Waals surface area contributed by atoms with Crippen molar-refractivity contribution in [2.45, 2.75) is 12.8 Å². The fourth-order valence-electron chi connectivity index (χ4n) is 2.71. The van der Waals surface area contributed by atoms with E-state index >= 15 is 0 Å². The van der Waals surface area contributed by atoms with Gasteiger partial charge in [0, 0.05) is 6.54 Å². The van der Waals surface area contributed by atoms with Crippen LogP contribution in [-0.4, -0.2) is 39.5 Å². The Hall–Kier alpha value is -2.47. The van der Waals surface area contributed by atoms with E-state index in [2.05, 4.69) is 5.32 Å². The van der Waals surface area contributed by atoms with E-state index in [1.165, 1.54) is 0 Å². The van der Waals surface area contributed by atoms with Crippen LogP contribution in [0.1, 0.15) is 12.0 Å². The molecule has 8 heteroatoms. The summed E-state index contributed by atoms with van der Waals surface area (Å²) in [6.45, 7) is -0.0846. The summed E-state index contributed by atoms with van der Waals surface area (Å²) in [6, 6.07) is 17.2. The summed E-state index contributed by atoms with van der Waals surface area (Å²) >= 11 is 0. The van der Waals surface area contributed by atoms with Gasteiger partial charge in [-0.2, -0.15) is 0 Å². The summed E-state index contributed by atoms with van der Waals surface area (Å²) in [5, 5.41) is 11.1. The van der Waals surface area contributed by atoms with Gasteiger partial charge in [0.25, 0.3) is 0 Å². The summed E-state index contributed by atoms with van der Waals surface area (Å²) in [4.78, 5) is 41.3. The highest BCUT2D eigenvalue weighted by atomic mass is 31.2. The lowest BCUT2D eigenvalue weighted by atomic mass is 9.97. The molecule has 0 bridgehead atoms. The third kappa shape index (κ3) is 7.35. The van der Waals surface area contributed by atoms with Gasteiger partial charge in [-0.25, -0.2) is 0 Å². The summed E-state index contributed by atoms with van der Waals surface area (Å²) in [5.41, 5.74) is 2.81. The highest BCUT2D eigenvalue weighted by molar-refractivity contribution is 7.51. The van der Waals surface area contributed by atoms with Gasteiger partial charge in [-0.15, -0.1) is 0 Å². The molecule has 0 heterocycles. The highest BCUT2D eigenvalue weighted by Crippen LogP contribution is 2.38. The first-order chi connectivity index (χ1) is 12.7. The number of amides is 1. The second-order valence-corrected chi connectivity index (χ2v) is 7.94. The lowest BCUT2D eigenvalue weighted by Gasteiger charge is -2.17. The Morgan fingerprint density at radius 3 is 2.11 bits per heavy atom. The van der Waals surface area contributed by atoms with E-state index in [1.807, 2.05) is 54.6 Å². The summed E-state index contributed by atoms with van der Waals surface area (Å²) < 4.78 is 11.4. The van der Waals surface area contributed by atoms with Crippen LogP contribution in [0.3, 0.4) is 0 Å². The second-order valence-electron chi connectivity index (χ2n) is 6.25. The SMILES string of the molecule is O=C(O)CCNC(=O)[C@@H](Cc1ccc(-c2ccccc2)cc1)CP(=O)(O)O. The molecular weight excluding hydrogens is 369 g/mol. The van der Waals surface area contributed by atoms with Crippen molar-refractivity contribution in [3.8, 4) is 11.1 Å². The molecule has 0 aliphatic rings. The maximum atomic E-state index is 12.2. The van der Waals surface area contributed by atoms with Crippen molar-refractivity contribution in [3.05, 3.63) is 60.2 Å². The molecule has 7 nitrogen and oxygen atoms in total. The van der Waals surface area contributed by atoms with Gasteiger partial charge in [0.15, 0.2) is 0 Å². The Balaban J connectivity index is 2.08. The molecule has 27 heavy (non-hydrogen) atoms. The average Bonchev–Trinajstić information content (AvgIpc) is 2.61. The Bertz CT molecular complexity index is 816. The van der Waals surface area contributed by atoms with E-state index in [-0.39, 0.29) is 19.4 Å². The predicted octanol–water partition coefficient (Wildman–Crippen LogP) is 2.28. The van der Waals surface area contributed by atoms with E-state index in [9.17, 15) is 23.9 Å². The molecule has 2 rings (SSSR count). The van der Waals surface area contributed by atoms with E-state index in [0.717, 1.165) is 16.7 Å². The third-order valence-electron chi connectivity index (χ3n) is 4.01. The second kappa shape index (κ2) is 9.46. The fraction of sp³-hybridized carbons (Fsp3) is 0.263. The smallest absolute Gasteiger partial charge is 0.326 e. The number of hydrogen-bond donors (Lipinski definition) is 4. The number of carboxylic acids is 1. The maximum Gasteiger partial charge on any atom is 0.326 e. The summed E-state index contributed by atoms with van der Waals surface area (Å²) in [6.07, 6.45) is -0.689. The van der Waals surface area contributed by atoms with Crippen LogP contribution >= 0.6 is 7.60 Å². The number of carbonyl (C=O) groups is 2. The molecule has 0 fully saturated rings. The van der Waals surface area contributed by atoms with E-state index < -0.39 is 31.6 Å². The number of carboxylic acid groups (broad SMARTS) is 1. The normalized spacial score (nSPS) is 12.4. The number of rotatable bonds is 9. The molecule has 1 amide bonds. The Kier molecular flexibility index (Phi) is 7.30. The quantitative estimate of drug-likeness (QED) is 0.486. The van der Waals surface area contributed by atoms with Crippen molar-refractivity contribution in [3.63, 3.8) is 0 Å². The summed E-state index contributed by atoms with van der Waals surface area (Å²) in [7, 11) is -4.40.